The lowest BCUT2D eigenvalue weighted by Gasteiger charge is -2.19. The fourth-order valence-electron chi connectivity index (χ4n) is 1.69. The van der Waals surface area contributed by atoms with Crippen molar-refractivity contribution in [2.75, 3.05) is 26.0 Å². The van der Waals surface area contributed by atoms with Crippen molar-refractivity contribution in [2.45, 2.75) is 17.9 Å². The maximum atomic E-state index is 12.2. The Kier molecular flexibility index (Phi) is 5.03. The van der Waals surface area contributed by atoms with E-state index < -0.39 is 21.1 Å². The molecule has 0 aliphatic heterocycles. The van der Waals surface area contributed by atoms with Crippen LogP contribution < -0.4 is 5.32 Å². The summed E-state index contributed by atoms with van der Waals surface area (Å²) < 4.78 is 25.5. The van der Waals surface area contributed by atoms with Gasteiger partial charge in [0.15, 0.2) is 0 Å². The van der Waals surface area contributed by atoms with Gasteiger partial charge in [-0.1, -0.05) is 0 Å². The molecule has 0 bridgehead atoms. The fourth-order valence-corrected chi connectivity index (χ4v) is 2.96. The molecule has 9 heteroatoms. The second kappa shape index (κ2) is 6.16. The molecule has 0 aliphatic rings. The molecular weight excluding hydrogens is 286 g/mol. The number of benzene rings is 1. The predicted octanol–water partition coefficient (Wildman–Crippen LogP) is 0.638. The van der Waals surface area contributed by atoms with Gasteiger partial charge in [-0.3, -0.25) is 10.1 Å². The fraction of sp³-hybridized carbons (Fsp3) is 0.455. The van der Waals surface area contributed by atoms with Crippen LogP contribution in [0.5, 0.6) is 0 Å². The van der Waals surface area contributed by atoms with E-state index in [9.17, 15) is 23.6 Å². The molecule has 0 aliphatic carbocycles. The van der Waals surface area contributed by atoms with Gasteiger partial charge in [-0.2, -0.15) is 4.31 Å². The van der Waals surface area contributed by atoms with Gasteiger partial charge in [-0.15, -0.1) is 0 Å². The summed E-state index contributed by atoms with van der Waals surface area (Å²) in [6.45, 7) is 1.41. The highest BCUT2D eigenvalue weighted by Crippen LogP contribution is 2.28. The first-order chi connectivity index (χ1) is 9.20. The molecule has 0 heterocycles. The molecule has 0 saturated heterocycles. The second-order valence-electron chi connectivity index (χ2n) is 4.32. The number of nitrogens with zero attached hydrogens (tertiary/aromatic N) is 2. The molecule has 0 spiro atoms. The number of hydrogen-bond donors (Lipinski definition) is 2. The average Bonchev–Trinajstić information content (AvgIpc) is 2.36. The number of likely N-dealkylation sites (N-methyl/N-ethyl adjacent to an activating group) is 1. The number of nitro groups is 1. The number of nitro benzene ring substituents is 1. The number of aliphatic hydroxyl groups is 1. The van der Waals surface area contributed by atoms with Crippen molar-refractivity contribution in [3.63, 3.8) is 0 Å². The summed E-state index contributed by atoms with van der Waals surface area (Å²) in [5.74, 6) is 0. The van der Waals surface area contributed by atoms with Crippen LogP contribution in [0.25, 0.3) is 0 Å². The largest absolute Gasteiger partial charge is 0.392 e. The number of rotatable bonds is 6. The maximum absolute atomic E-state index is 12.2. The van der Waals surface area contributed by atoms with Crippen LogP contribution in [0, 0.1) is 10.1 Å². The molecule has 0 saturated carbocycles. The first kappa shape index (κ1) is 16.3. The molecule has 0 amide bonds. The molecular formula is C11H17N3O5S. The first-order valence-electron chi connectivity index (χ1n) is 5.80. The lowest BCUT2D eigenvalue weighted by atomic mass is 10.3. The Morgan fingerprint density at radius 3 is 2.55 bits per heavy atom. The minimum Gasteiger partial charge on any atom is -0.392 e. The summed E-state index contributed by atoms with van der Waals surface area (Å²) in [7, 11) is -0.992. The smallest absolute Gasteiger partial charge is 0.292 e. The molecule has 0 radical (unpaired) electrons. The number of aliphatic hydroxyl groups excluding tert-OH is 1. The van der Waals surface area contributed by atoms with Crippen LogP contribution in [0.4, 0.5) is 11.4 Å². The third-order valence-corrected chi connectivity index (χ3v) is 4.48. The average molecular weight is 303 g/mol. The van der Waals surface area contributed by atoms with E-state index in [0.717, 1.165) is 10.4 Å². The molecule has 20 heavy (non-hydrogen) atoms. The third kappa shape index (κ3) is 3.44. The number of hydrogen-bond acceptors (Lipinski definition) is 6. The van der Waals surface area contributed by atoms with Crippen LogP contribution >= 0.6 is 0 Å². The molecule has 2 N–H and O–H groups in total. The van der Waals surface area contributed by atoms with Crippen LogP contribution in [0.3, 0.4) is 0 Å². The summed E-state index contributed by atoms with van der Waals surface area (Å²) in [6.07, 6.45) is -0.809. The minimum absolute atomic E-state index is 0.0613. The highest BCUT2D eigenvalue weighted by atomic mass is 32.2. The monoisotopic (exact) mass is 303 g/mol. The van der Waals surface area contributed by atoms with Crippen LogP contribution in [0.1, 0.15) is 6.92 Å². The van der Waals surface area contributed by atoms with Gasteiger partial charge < -0.3 is 10.4 Å². The van der Waals surface area contributed by atoms with Crippen LogP contribution in [-0.2, 0) is 10.0 Å². The standard InChI is InChI=1S/C11H17N3O5S/c1-8(15)7-13(3)20(18,19)9-4-5-11(14(16)17)10(6-9)12-2/h4-6,8,12,15H,7H2,1-3H3. The zero-order valence-electron chi connectivity index (χ0n) is 11.4. The SMILES string of the molecule is CNc1cc(S(=O)(=O)N(C)CC(C)O)ccc1[N+](=O)[O-]. The van der Waals surface area contributed by atoms with E-state index in [1.165, 1.54) is 33.2 Å². The van der Waals surface area contributed by atoms with Crippen molar-refractivity contribution in [1.29, 1.82) is 0 Å². The van der Waals surface area contributed by atoms with Gasteiger partial charge in [0.25, 0.3) is 5.69 Å². The van der Waals surface area contributed by atoms with Crippen molar-refractivity contribution in [2.24, 2.45) is 0 Å². The summed E-state index contributed by atoms with van der Waals surface area (Å²) in [5.41, 5.74) is -0.0915. The Balaban J connectivity index is 3.23. The normalized spacial score (nSPS) is 13.2. The van der Waals surface area contributed by atoms with Gasteiger partial charge in [0, 0.05) is 26.7 Å². The molecule has 112 valence electrons. The Labute approximate surface area is 117 Å². The first-order valence-corrected chi connectivity index (χ1v) is 7.24. The molecule has 1 rings (SSSR count). The van der Waals surface area contributed by atoms with Crippen molar-refractivity contribution in [3.05, 3.63) is 28.3 Å². The number of nitrogens with one attached hydrogen (secondary N) is 1. The third-order valence-electron chi connectivity index (χ3n) is 2.66. The molecule has 1 atom stereocenters. The second-order valence-corrected chi connectivity index (χ2v) is 6.37. The molecule has 1 unspecified atom stereocenters. The summed E-state index contributed by atoms with van der Waals surface area (Å²) in [4.78, 5) is 10.1. The molecule has 0 aromatic heterocycles. The van der Waals surface area contributed by atoms with Gasteiger partial charge in [-0.25, -0.2) is 8.42 Å². The Morgan fingerprint density at radius 2 is 2.10 bits per heavy atom. The van der Waals surface area contributed by atoms with Gasteiger partial charge in [0.1, 0.15) is 5.69 Å². The van der Waals surface area contributed by atoms with Crippen LogP contribution in [0.15, 0.2) is 23.1 Å². The van der Waals surface area contributed by atoms with Crippen molar-refractivity contribution in [3.8, 4) is 0 Å². The van der Waals surface area contributed by atoms with Crippen molar-refractivity contribution in [1.82, 2.24) is 4.31 Å². The summed E-state index contributed by atoms with van der Waals surface area (Å²) in [5, 5.41) is 22.6. The van der Waals surface area contributed by atoms with Gasteiger partial charge in [0.2, 0.25) is 10.0 Å². The lowest BCUT2D eigenvalue weighted by molar-refractivity contribution is -0.384. The minimum atomic E-state index is -3.80. The molecule has 8 nitrogen and oxygen atoms in total. The van der Waals surface area contributed by atoms with E-state index in [1.54, 1.807) is 0 Å². The van der Waals surface area contributed by atoms with E-state index in [1.807, 2.05) is 0 Å². The Hall–Kier alpha value is -1.71. The zero-order chi connectivity index (χ0) is 15.5. The van der Waals surface area contributed by atoms with Crippen molar-refractivity contribution < 1.29 is 18.4 Å². The van der Waals surface area contributed by atoms with Crippen LogP contribution in [-0.4, -0.2) is 49.5 Å². The topological polar surface area (TPSA) is 113 Å². The number of anilines is 1. The van der Waals surface area contributed by atoms with Gasteiger partial charge >= 0.3 is 0 Å². The van der Waals surface area contributed by atoms with E-state index >= 15 is 0 Å². The van der Waals surface area contributed by atoms with Gasteiger partial charge in [-0.05, 0) is 19.1 Å². The van der Waals surface area contributed by atoms with E-state index in [0.29, 0.717) is 0 Å². The van der Waals surface area contributed by atoms with E-state index in [2.05, 4.69) is 5.32 Å². The maximum Gasteiger partial charge on any atom is 0.292 e. The van der Waals surface area contributed by atoms with E-state index in [4.69, 9.17) is 0 Å². The van der Waals surface area contributed by atoms with Crippen molar-refractivity contribution >= 4 is 21.4 Å². The zero-order valence-corrected chi connectivity index (χ0v) is 12.2. The Morgan fingerprint density at radius 1 is 1.50 bits per heavy atom. The summed E-state index contributed by atoms with van der Waals surface area (Å²) >= 11 is 0. The highest BCUT2D eigenvalue weighted by Gasteiger charge is 2.24. The number of sulfonamides is 1. The Bertz CT molecular complexity index is 600. The summed E-state index contributed by atoms with van der Waals surface area (Å²) in [6, 6.07) is 3.51. The molecule has 1 aromatic rings. The molecule has 0 fully saturated rings. The quantitative estimate of drug-likeness (QED) is 0.589. The molecule has 1 aromatic carbocycles. The van der Waals surface area contributed by atoms with Gasteiger partial charge in [0.05, 0.1) is 15.9 Å². The van der Waals surface area contributed by atoms with E-state index in [-0.39, 0.29) is 22.8 Å². The lowest BCUT2D eigenvalue weighted by Crippen LogP contribution is -2.33. The van der Waals surface area contributed by atoms with Crippen LogP contribution in [0.2, 0.25) is 0 Å². The predicted molar refractivity (Wildman–Crippen MR) is 74.1 cm³/mol. The highest BCUT2D eigenvalue weighted by molar-refractivity contribution is 7.89.